The van der Waals surface area contributed by atoms with Crippen molar-refractivity contribution in [2.75, 3.05) is 0 Å². The van der Waals surface area contributed by atoms with Crippen molar-refractivity contribution in [3.8, 4) is 0 Å². The van der Waals surface area contributed by atoms with E-state index in [1.54, 1.807) is 78.0 Å². The molecule has 0 aromatic carbocycles. The molecule has 0 saturated heterocycles. The van der Waals surface area contributed by atoms with Gasteiger partial charge < -0.3 is 14.6 Å². The average Bonchev–Trinajstić information content (AvgIpc) is 2.22. The van der Waals surface area contributed by atoms with Gasteiger partial charge in [-0.25, -0.2) is 0 Å². The third-order valence-electron chi connectivity index (χ3n) is 2.54. The highest BCUT2D eigenvalue weighted by molar-refractivity contribution is 5.79. The number of hydrogen-bond donors (Lipinski definition) is 0. The number of carbonyl (C=O) groups excluding carboxylic acids is 1. The molecule has 4 heteroatoms. The molecule has 1 atom stereocenters. The Labute approximate surface area is 132 Å². The van der Waals surface area contributed by atoms with Crippen LogP contribution in [0.15, 0.2) is 48.0 Å². The maximum Gasteiger partial charge on any atom is 0.317 e. The molecule has 1 aliphatic carbocycles. The second kappa shape index (κ2) is 6.86. The Morgan fingerprint density at radius 1 is 0.955 bits per heavy atom. The van der Waals surface area contributed by atoms with E-state index in [1.165, 1.54) is 0 Å². The summed E-state index contributed by atoms with van der Waals surface area (Å²) in [4.78, 5) is 12.4. The smallest absolute Gasteiger partial charge is 0.317 e. The fourth-order valence-corrected chi connectivity index (χ4v) is 1.77. The van der Waals surface area contributed by atoms with Crippen molar-refractivity contribution in [1.82, 2.24) is 0 Å². The summed E-state index contributed by atoms with van der Waals surface area (Å²) in [5.74, 6) is -1.76. The van der Waals surface area contributed by atoms with Crippen LogP contribution in [0.25, 0.3) is 0 Å². The number of esters is 1. The Bertz CT molecular complexity index is 522. The van der Waals surface area contributed by atoms with Crippen LogP contribution >= 0.6 is 0 Å². The minimum Gasteiger partial charge on any atom is -0.607 e. The first-order valence-corrected chi connectivity index (χ1v) is 7.34. The Morgan fingerprint density at radius 3 is 2.05 bits per heavy atom. The summed E-state index contributed by atoms with van der Waals surface area (Å²) < 4.78 is 10.8. The highest BCUT2D eigenvalue weighted by atomic mass is 16.6. The normalized spacial score (nSPS) is 21.1. The van der Waals surface area contributed by atoms with E-state index in [4.69, 9.17) is 9.47 Å². The van der Waals surface area contributed by atoms with E-state index in [1.807, 2.05) is 0 Å². The van der Waals surface area contributed by atoms with Gasteiger partial charge in [0.1, 0.15) is 11.5 Å². The Balaban J connectivity index is 3.20. The molecule has 0 radical (unpaired) electrons. The van der Waals surface area contributed by atoms with E-state index in [9.17, 15) is 9.90 Å². The molecule has 1 unspecified atom stereocenters. The molecular weight excluding hydrogens is 280 g/mol. The lowest BCUT2D eigenvalue weighted by molar-refractivity contribution is -0.370. The van der Waals surface area contributed by atoms with Gasteiger partial charge in [0.25, 0.3) is 0 Å². The molecule has 0 spiro atoms. The fraction of sp³-hybridized carbons (Fsp3) is 0.500. The lowest BCUT2D eigenvalue weighted by atomic mass is 9.96. The topological polar surface area (TPSA) is 58.6 Å². The molecule has 0 N–H and O–H groups in total. The maximum absolute atomic E-state index is 12.4. The van der Waals surface area contributed by atoms with Crippen LogP contribution in [0, 0.1) is 5.92 Å². The largest absolute Gasteiger partial charge is 0.607 e. The van der Waals surface area contributed by atoms with Crippen molar-refractivity contribution in [3.05, 3.63) is 48.0 Å². The van der Waals surface area contributed by atoms with Crippen molar-refractivity contribution >= 4 is 5.97 Å². The fourth-order valence-electron chi connectivity index (χ4n) is 1.77. The van der Waals surface area contributed by atoms with Crippen LogP contribution in [0.4, 0.5) is 0 Å². The first-order chi connectivity index (χ1) is 9.99. The van der Waals surface area contributed by atoms with Crippen molar-refractivity contribution in [2.45, 2.75) is 52.7 Å². The van der Waals surface area contributed by atoms with Gasteiger partial charge in [-0.05, 0) is 26.3 Å². The predicted octanol–water partition coefficient (Wildman–Crippen LogP) is 3.01. The summed E-state index contributed by atoms with van der Waals surface area (Å²) in [7, 11) is 0. The summed E-state index contributed by atoms with van der Waals surface area (Å²) in [6.07, 6.45) is 10.3. The number of allylic oxidation sites excluding steroid dienone is 5. The molecule has 122 valence electrons. The van der Waals surface area contributed by atoms with E-state index in [-0.39, 0.29) is 5.57 Å². The van der Waals surface area contributed by atoms with Crippen LogP contribution in [0.3, 0.4) is 0 Å². The summed E-state index contributed by atoms with van der Waals surface area (Å²) >= 11 is 0. The lowest BCUT2D eigenvalue weighted by Gasteiger charge is -2.33. The molecule has 0 aromatic rings. The molecule has 0 saturated carbocycles. The Morgan fingerprint density at radius 2 is 1.50 bits per heavy atom. The molecule has 1 aliphatic rings. The summed E-state index contributed by atoms with van der Waals surface area (Å²) in [5, 5.41) is 12.4. The van der Waals surface area contributed by atoms with Gasteiger partial charge in [-0.1, -0.05) is 57.2 Å². The van der Waals surface area contributed by atoms with Gasteiger partial charge in [0.05, 0.1) is 5.95 Å². The van der Waals surface area contributed by atoms with E-state index in [0.29, 0.717) is 0 Å². The van der Waals surface area contributed by atoms with Crippen molar-refractivity contribution < 1.29 is 19.4 Å². The quantitative estimate of drug-likeness (QED) is 0.581. The van der Waals surface area contributed by atoms with Crippen molar-refractivity contribution in [3.63, 3.8) is 0 Å². The number of hydrogen-bond acceptors (Lipinski definition) is 4. The monoisotopic (exact) mass is 305 g/mol. The Hall–Kier alpha value is -1.97. The molecule has 0 aromatic heterocycles. The van der Waals surface area contributed by atoms with Crippen LogP contribution in [0.5, 0.6) is 0 Å². The zero-order valence-electron chi connectivity index (χ0n) is 14.2. The first kappa shape index (κ1) is 18.1. The van der Waals surface area contributed by atoms with Crippen LogP contribution in [-0.2, 0) is 14.3 Å². The minimum absolute atomic E-state index is 0.268. The highest BCUT2D eigenvalue weighted by Crippen LogP contribution is 2.25. The SMILES string of the molecule is CC(C)(C)OC(=O)C1C=CC=CC=CC1=C([O-])OC(C)(C)C. The van der Waals surface area contributed by atoms with Gasteiger partial charge in [0, 0.05) is 5.60 Å². The van der Waals surface area contributed by atoms with Crippen molar-refractivity contribution in [2.24, 2.45) is 5.92 Å². The molecule has 1 rings (SSSR count). The van der Waals surface area contributed by atoms with E-state index >= 15 is 0 Å². The Kier molecular flexibility index (Phi) is 5.64. The number of rotatable bonds is 2. The molecule has 0 amide bonds. The molecule has 0 bridgehead atoms. The molecular formula is C18H25O4-. The van der Waals surface area contributed by atoms with Crippen LogP contribution < -0.4 is 5.11 Å². The van der Waals surface area contributed by atoms with Gasteiger partial charge in [-0.15, -0.1) is 0 Å². The molecule has 22 heavy (non-hydrogen) atoms. The van der Waals surface area contributed by atoms with Gasteiger partial charge >= 0.3 is 5.97 Å². The molecule has 0 fully saturated rings. The zero-order valence-corrected chi connectivity index (χ0v) is 14.2. The third kappa shape index (κ3) is 6.20. The first-order valence-electron chi connectivity index (χ1n) is 7.34. The summed E-state index contributed by atoms with van der Waals surface area (Å²) in [6, 6.07) is 0. The zero-order chi connectivity index (χ0) is 17.0. The van der Waals surface area contributed by atoms with Gasteiger partial charge in [-0.2, -0.15) is 0 Å². The summed E-state index contributed by atoms with van der Waals surface area (Å²) in [6.45, 7) is 10.7. The standard InChI is InChI=1S/C18H26O4/c1-17(2,3)21-15(19)13-11-9-7-8-10-12-14(13)16(20)22-18(4,5)6/h7-13,20H,1-6H3/p-1. The average molecular weight is 305 g/mol. The number of carbonyl (C=O) groups is 1. The molecule has 0 aliphatic heterocycles. The van der Waals surface area contributed by atoms with E-state index in [0.717, 1.165) is 0 Å². The van der Waals surface area contributed by atoms with Gasteiger partial charge in [0.2, 0.25) is 0 Å². The molecule has 4 nitrogen and oxygen atoms in total. The van der Waals surface area contributed by atoms with Gasteiger partial charge in [-0.3, -0.25) is 4.79 Å². The van der Waals surface area contributed by atoms with Crippen molar-refractivity contribution in [1.29, 1.82) is 0 Å². The maximum atomic E-state index is 12.4. The van der Waals surface area contributed by atoms with Crippen LogP contribution in [-0.4, -0.2) is 17.2 Å². The second-order valence-electron chi connectivity index (χ2n) is 7.10. The van der Waals surface area contributed by atoms with Gasteiger partial charge in [0.15, 0.2) is 0 Å². The van der Waals surface area contributed by atoms with E-state index in [2.05, 4.69) is 0 Å². The van der Waals surface area contributed by atoms with Crippen LogP contribution in [0.2, 0.25) is 0 Å². The van der Waals surface area contributed by atoms with E-state index < -0.39 is 29.0 Å². The van der Waals surface area contributed by atoms with Crippen LogP contribution in [0.1, 0.15) is 41.5 Å². The second-order valence-corrected chi connectivity index (χ2v) is 7.10. The highest BCUT2D eigenvalue weighted by Gasteiger charge is 2.26. The minimum atomic E-state index is -0.782. The number of ether oxygens (including phenoxy) is 2. The predicted molar refractivity (Wildman–Crippen MR) is 84.6 cm³/mol. The summed E-state index contributed by atoms with van der Waals surface area (Å²) in [5.41, 5.74) is -0.978. The lowest BCUT2D eigenvalue weighted by Crippen LogP contribution is -2.31. The third-order valence-corrected chi connectivity index (χ3v) is 2.54. The molecule has 0 heterocycles.